The Morgan fingerprint density at radius 1 is 1.29 bits per heavy atom. The molecule has 0 aliphatic carbocycles. The number of nitrogens with one attached hydrogen (secondary N) is 1. The maximum Gasteiger partial charge on any atom is 0.422 e. The van der Waals surface area contributed by atoms with Crippen LogP contribution in [-0.2, 0) is 22.7 Å². The van der Waals surface area contributed by atoms with Crippen LogP contribution in [0.25, 0.3) is 0 Å². The summed E-state index contributed by atoms with van der Waals surface area (Å²) in [6.45, 7) is -0.641. The molecular weight excluding hydrogens is 377 g/mol. The molecule has 1 aromatic heterocycles. The molecule has 1 saturated heterocycles. The van der Waals surface area contributed by atoms with Crippen LogP contribution in [0.4, 0.5) is 13.2 Å². The monoisotopic (exact) mass is 396 g/mol. The fourth-order valence-corrected chi connectivity index (χ4v) is 2.94. The molecular formula is C19H19F3N2O4. The van der Waals surface area contributed by atoms with Gasteiger partial charge < -0.3 is 19.4 Å². The summed E-state index contributed by atoms with van der Waals surface area (Å²) >= 11 is 0. The van der Waals surface area contributed by atoms with E-state index in [1.807, 2.05) is 0 Å². The molecule has 2 aromatic rings. The summed E-state index contributed by atoms with van der Waals surface area (Å²) in [6, 6.07) is 9.57. The van der Waals surface area contributed by atoms with Gasteiger partial charge in [0.2, 0.25) is 11.8 Å². The van der Waals surface area contributed by atoms with Crippen molar-refractivity contribution < 1.29 is 31.9 Å². The van der Waals surface area contributed by atoms with E-state index in [9.17, 15) is 22.8 Å². The summed E-state index contributed by atoms with van der Waals surface area (Å²) in [6.07, 6.45) is -2.78. The number of ether oxygens (including phenoxy) is 1. The third-order valence-corrected chi connectivity index (χ3v) is 4.28. The van der Waals surface area contributed by atoms with E-state index in [0.717, 1.165) is 0 Å². The number of likely N-dealkylation sites (tertiary alicyclic amines) is 1. The molecule has 2 heterocycles. The van der Waals surface area contributed by atoms with Crippen LogP contribution in [0.2, 0.25) is 0 Å². The predicted molar refractivity (Wildman–Crippen MR) is 92.1 cm³/mol. The van der Waals surface area contributed by atoms with Crippen LogP contribution in [0.3, 0.4) is 0 Å². The highest BCUT2D eigenvalue weighted by molar-refractivity contribution is 5.89. The van der Waals surface area contributed by atoms with Gasteiger partial charge >= 0.3 is 6.18 Å². The molecule has 2 amide bonds. The van der Waals surface area contributed by atoms with Crippen LogP contribution < -0.4 is 10.1 Å². The van der Waals surface area contributed by atoms with E-state index >= 15 is 0 Å². The smallest absolute Gasteiger partial charge is 0.422 e. The second-order valence-corrected chi connectivity index (χ2v) is 6.52. The quantitative estimate of drug-likeness (QED) is 0.781. The lowest BCUT2D eigenvalue weighted by atomic mass is 10.1. The van der Waals surface area contributed by atoms with Crippen LogP contribution in [-0.4, -0.2) is 36.0 Å². The first-order valence-electron chi connectivity index (χ1n) is 8.66. The summed E-state index contributed by atoms with van der Waals surface area (Å²) in [7, 11) is 0. The topological polar surface area (TPSA) is 71.8 Å². The molecule has 1 atom stereocenters. The maximum atomic E-state index is 12.4. The van der Waals surface area contributed by atoms with Crippen LogP contribution in [0.15, 0.2) is 47.1 Å². The van der Waals surface area contributed by atoms with Crippen LogP contribution in [0.5, 0.6) is 5.75 Å². The summed E-state index contributed by atoms with van der Waals surface area (Å²) in [5.74, 6) is -0.169. The third-order valence-electron chi connectivity index (χ3n) is 4.28. The number of halogens is 3. The Labute approximate surface area is 159 Å². The van der Waals surface area contributed by atoms with Gasteiger partial charge in [-0.25, -0.2) is 0 Å². The molecule has 1 aliphatic rings. The fraction of sp³-hybridized carbons (Fsp3) is 0.368. The van der Waals surface area contributed by atoms with Crippen molar-refractivity contribution >= 4 is 11.8 Å². The number of carbonyl (C=O) groups is 2. The highest BCUT2D eigenvalue weighted by Crippen LogP contribution is 2.22. The fourth-order valence-electron chi connectivity index (χ4n) is 2.94. The van der Waals surface area contributed by atoms with E-state index in [-0.39, 0.29) is 30.5 Å². The molecule has 1 N–H and O–H groups in total. The minimum absolute atomic E-state index is 0.0738. The van der Waals surface area contributed by atoms with Gasteiger partial charge in [0.25, 0.3) is 0 Å². The first-order chi connectivity index (χ1) is 13.3. The zero-order chi connectivity index (χ0) is 20.1. The standard InChI is InChI=1S/C19H19F3N2O4/c20-19(21,22)12-28-15-4-1-3-13(7-15)9-23-18(26)14-8-17(25)24(10-14)11-16-5-2-6-27-16/h1-7,14H,8-12H2,(H,23,26). The van der Waals surface area contributed by atoms with Gasteiger partial charge in [-0.1, -0.05) is 12.1 Å². The van der Waals surface area contributed by atoms with E-state index in [1.165, 1.54) is 18.4 Å². The van der Waals surface area contributed by atoms with Crippen LogP contribution in [0.1, 0.15) is 17.7 Å². The minimum Gasteiger partial charge on any atom is -0.484 e. The lowest BCUT2D eigenvalue weighted by Gasteiger charge is -2.15. The largest absolute Gasteiger partial charge is 0.484 e. The van der Waals surface area contributed by atoms with E-state index < -0.39 is 18.7 Å². The van der Waals surface area contributed by atoms with E-state index in [4.69, 9.17) is 9.15 Å². The van der Waals surface area contributed by atoms with Gasteiger partial charge in [-0.3, -0.25) is 9.59 Å². The molecule has 0 bridgehead atoms. The molecule has 0 saturated carbocycles. The molecule has 9 heteroatoms. The zero-order valence-corrected chi connectivity index (χ0v) is 14.9. The first kappa shape index (κ1) is 19.8. The Hall–Kier alpha value is -2.97. The SMILES string of the molecule is O=C(NCc1cccc(OCC(F)(F)F)c1)C1CC(=O)N(Cc2ccco2)C1. The Morgan fingerprint density at radius 3 is 2.82 bits per heavy atom. The first-order valence-corrected chi connectivity index (χ1v) is 8.66. The van der Waals surface area contributed by atoms with Crippen LogP contribution >= 0.6 is 0 Å². The van der Waals surface area contributed by atoms with Gasteiger partial charge in [-0.15, -0.1) is 0 Å². The molecule has 1 aromatic carbocycles. The number of hydrogen-bond donors (Lipinski definition) is 1. The van der Waals surface area contributed by atoms with Crippen molar-refractivity contribution in [3.8, 4) is 5.75 Å². The summed E-state index contributed by atoms with van der Waals surface area (Å²) < 4.78 is 46.6. The zero-order valence-electron chi connectivity index (χ0n) is 14.9. The molecule has 150 valence electrons. The average molecular weight is 396 g/mol. The van der Waals surface area contributed by atoms with Crippen molar-refractivity contribution in [3.63, 3.8) is 0 Å². The number of furan rings is 1. The second-order valence-electron chi connectivity index (χ2n) is 6.52. The van der Waals surface area contributed by atoms with Gasteiger partial charge in [-0.2, -0.15) is 13.2 Å². The number of rotatable bonds is 7. The van der Waals surface area contributed by atoms with E-state index in [1.54, 1.807) is 29.2 Å². The molecule has 6 nitrogen and oxygen atoms in total. The highest BCUT2D eigenvalue weighted by atomic mass is 19.4. The van der Waals surface area contributed by atoms with Gasteiger partial charge in [-0.05, 0) is 29.8 Å². The van der Waals surface area contributed by atoms with Gasteiger partial charge in [0.15, 0.2) is 6.61 Å². The molecule has 0 radical (unpaired) electrons. The average Bonchev–Trinajstić information content (AvgIpc) is 3.28. The minimum atomic E-state index is -4.42. The number of benzene rings is 1. The molecule has 1 aliphatic heterocycles. The second kappa shape index (κ2) is 8.37. The highest BCUT2D eigenvalue weighted by Gasteiger charge is 2.34. The van der Waals surface area contributed by atoms with Gasteiger partial charge in [0.1, 0.15) is 11.5 Å². The Balaban J connectivity index is 1.49. The lowest BCUT2D eigenvalue weighted by Crippen LogP contribution is -2.32. The van der Waals surface area contributed by atoms with E-state index in [0.29, 0.717) is 24.4 Å². The van der Waals surface area contributed by atoms with Crippen molar-refractivity contribution in [1.82, 2.24) is 10.2 Å². The Kier molecular flexibility index (Phi) is 5.91. The predicted octanol–water partition coefficient (Wildman–Crippen LogP) is 2.89. The summed E-state index contributed by atoms with van der Waals surface area (Å²) in [5.41, 5.74) is 0.602. The van der Waals surface area contributed by atoms with Crippen molar-refractivity contribution in [2.45, 2.75) is 25.7 Å². The molecule has 28 heavy (non-hydrogen) atoms. The third kappa shape index (κ3) is 5.51. The van der Waals surface area contributed by atoms with Crippen LogP contribution in [0, 0.1) is 5.92 Å². The Bertz CT molecular complexity index is 821. The number of nitrogens with zero attached hydrogens (tertiary/aromatic N) is 1. The number of amides is 2. The number of carbonyl (C=O) groups excluding carboxylic acids is 2. The van der Waals surface area contributed by atoms with Crippen molar-refractivity contribution in [1.29, 1.82) is 0 Å². The normalized spacial score (nSPS) is 17.0. The molecule has 3 rings (SSSR count). The molecule has 0 spiro atoms. The van der Waals surface area contributed by atoms with Crippen molar-refractivity contribution in [3.05, 3.63) is 54.0 Å². The van der Waals surface area contributed by atoms with Gasteiger partial charge in [0.05, 0.1) is 18.7 Å². The van der Waals surface area contributed by atoms with E-state index in [2.05, 4.69) is 5.32 Å². The molecule has 1 unspecified atom stereocenters. The number of alkyl halides is 3. The Morgan fingerprint density at radius 2 is 2.11 bits per heavy atom. The van der Waals surface area contributed by atoms with Crippen molar-refractivity contribution in [2.24, 2.45) is 5.92 Å². The maximum absolute atomic E-state index is 12.4. The summed E-state index contributed by atoms with van der Waals surface area (Å²) in [5, 5.41) is 2.72. The van der Waals surface area contributed by atoms with Crippen molar-refractivity contribution in [2.75, 3.05) is 13.2 Å². The van der Waals surface area contributed by atoms with Gasteiger partial charge in [0, 0.05) is 19.5 Å². The summed E-state index contributed by atoms with van der Waals surface area (Å²) in [4.78, 5) is 26.0. The lowest BCUT2D eigenvalue weighted by molar-refractivity contribution is -0.153. The molecule has 1 fully saturated rings. The number of hydrogen-bond acceptors (Lipinski definition) is 4.